The van der Waals surface area contributed by atoms with Gasteiger partial charge >= 0.3 is 0 Å². The molecule has 0 bridgehead atoms. The first-order chi connectivity index (χ1) is 17.5. The molecular formula is C34H39O2Y-. The van der Waals surface area contributed by atoms with Crippen molar-refractivity contribution in [3.05, 3.63) is 131 Å². The standard InChI is InChI=1S/C16H13O2.C14H14.2C2H6.Y/c1-12(11-17)14-8-5-9-15(10-14)16(18)13-6-3-2-4-7-13;1-11-8-9-14(12(2)10-11)13-6-4-3-5-7-13;2*1-2;/h2-10,12H,1H3;3-10H,1-2H3;2*1-2H3;/q-1;;;;. The van der Waals surface area contributed by atoms with Gasteiger partial charge in [-0.1, -0.05) is 143 Å². The van der Waals surface area contributed by atoms with E-state index in [1.54, 1.807) is 37.3 Å². The number of hydrogen-bond donors (Lipinski definition) is 0. The van der Waals surface area contributed by atoms with E-state index in [2.05, 4.69) is 56.3 Å². The molecule has 0 amide bonds. The minimum atomic E-state index is -0.312. The molecule has 0 spiro atoms. The maximum Gasteiger partial charge on any atom is 0.193 e. The summed E-state index contributed by atoms with van der Waals surface area (Å²) in [4.78, 5) is 22.9. The van der Waals surface area contributed by atoms with E-state index in [1.807, 2.05) is 64.3 Å². The fourth-order valence-electron chi connectivity index (χ4n) is 3.53. The predicted octanol–water partition coefficient (Wildman–Crippen LogP) is 9.15. The number of carbonyl (C=O) groups is 1. The van der Waals surface area contributed by atoms with Crippen LogP contribution in [0.4, 0.5) is 0 Å². The Bertz CT molecular complexity index is 1180. The minimum absolute atomic E-state index is 0. The van der Waals surface area contributed by atoms with E-state index in [1.165, 1.54) is 22.3 Å². The van der Waals surface area contributed by atoms with E-state index in [-0.39, 0.29) is 44.4 Å². The summed E-state index contributed by atoms with van der Waals surface area (Å²) in [5, 5.41) is 0. The van der Waals surface area contributed by atoms with Crippen LogP contribution in [0.25, 0.3) is 11.1 Å². The van der Waals surface area contributed by atoms with Gasteiger partial charge in [-0.15, -0.1) is 5.92 Å². The van der Waals surface area contributed by atoms with Crippen LogP contribution in [0.5, 0.6) is 0 Å². The van der Waals surface area contributed by atoms with E-state index in [0.717, 1.165) is 5.56 Å². The molecule has 0 aliphatic heterocycles. The Hall–Kier alpha value is -2.68. The molecule has 37 heavy (non-hydrogen) atoms. The molecule has 0 aromatic heterocycles. The first-order valence-electron chi connectivity index (χ1n) is 12.7. The van der Waals surface area contributed by atoms with E-state index in [0.29, 0.717) is 11.1 Å². The molecule has 0 saturated heterocycles. The van der Waals surface area contributed by atoms with Crippen molar-refractivity contribution in [2.75, 3.05) is 0 Å². The molecule has 191 valence electrons. The van der Waals surface area contributed by atoms with Crippen LogP contribution >= 0.6 is 0 Å². The summed E-state index contributed by atoms with van der Waals surface area (Å²) in [6.45, 7) is 14.1. The third kappa shape index (κ3) is 11.1. The molecule has 4 aromatic carbocycles. The zero-order valence-electron chi connectivity index (χ0n) is 23.3. The van der Waals surface area contributed by atoms with Crippen LogP contribution < -0.4 is 0 Å². The molecule has 0 saturated carbocycles. The Morgan fingerprint density at radius 2 is 1.22 bits per heavy atom. The number of aryl methyl sites for hydroxylation is 2. The molecular weight excluding hydrogens is 529 g/mol. The monoisotopic (exact) mass is 568 g/mol. The van der Waals surface area contributed by atoms with Gasteiger partial charge in [-0.2, -0.15) is 0 Å². The topological polar surface area (TPSA) is 34.1 Å². The third-order valence-corrected chi connectivity index (χ3v) is 5.33. The fourth-order valence-corrected chi connectivity index (χ4v) is 3.53. The molecule has 0 fully saturated rings. The smallest absolute Gasteiger partial charge is 0.193 e. The average Bonchev–Trinajstić information content (AvgIpc) is 2.95. The van der Waals surface area contributed by atoms with Gasteiger partial charge in [-0.05, 0) is 36.6 Å². The van der Waals surface area contributed by atoms with Gasteiger partial charge < -0.3 is 4.79 Å². The molecule has 4 aromatic rings. The summed E-state index contributed by atoms with van der Waals surface area (Å²) < 4.78 is 0. The largest absolute Gasteiger partial charge is 0.541 e. The van der Waals surface area contributed by atoms with Gasteiger partial charge in [0.2, 0.25) is 0 Å². The second-order valence-corrected chi connectivity index (χ2v) is 7.84. The van der Waals surface area contributed by atoms with Crippen LogP contribution in [0.15, 0.2) is 103 Å². The second-order valence-electron chi connectivity index (χ2n) is 7.84. The summed E-state index contributed by atoms with van der Waals surface area (Å²) in [5.74, 6) is -0.343. The van der Waals surface area contributed by atoms with Crippen molar-refractivity contribution in [3.63, 3.8) is 0 Å². The second kappa shape index (κ2) is 19.4. The van der Waals surface area contributed by atoms with Crippen molar-refractivity contribution >= 4 is 12.1 Å². The molecule has 3 heteroatoms. The predicted molar refractivity (Wildman–Crippen MR) is 154 cm³/mol. The van der Waals surface area contributed by atoms with E-state index >= 15 is 0 Å². The van der Waals surface area contributed by atoms with Crippen LogP contribution in [0.2, 0.25) is 0 Å². The Balaban J connectivity index is 0.000000615. The van der Waals surface area contributed by atoms with Gasteiger partial charge in [0.25, 0.3) is 0 Å². The number of carbonyl (C=O) groups excluding carboxylic acids is 2. The zero-order valence-corrected chi connectivity index (χ0v) is 26.1. The minimum Gasteiger partial charge on any atom is -0.541 e. The normalized spacial score (nSPS) is 9.92. The van der Waals surface area contributed by atoms with E-state index < -0.39 is 0 Å². The van der Waals surface area contributed by atoms with E-state index in [9.17, 15) is 9.59 Å². The zero-order chi connectivity index (χ0) is 26.9. The summed E-state index contributed by atoms with van der Waals surface area (Å²) >= 11 is 0. The van der Waals surface area contributed by atoms with Gasteiger partial charge in [0, 0.05) is 43.8 Å². The Kier molecular flexibility index (Phi) is 18.0. The number of benzene rings is 4. The van der Waals surface area contributed by atoms with Crippen molar-refractivity contribution in [2.45, 2.75) is 54.4 Å². The number of rotatable bonds is 5. The van der Waals surface area contributed by atoms with Crippen LogP contribution in [-0.2, 0) is 37.5 Å². The van der Waals surface area contributed by atoms with Crippen LogP contribution in [-0.4, -0.2) is 12.1 Å². The van der Waals surface area contributed by atoms with Crippen LogP contribution in [0, 0.1) is 13.8 Å². The molecule has 1 radical (unpaired) electrons. The summed E-state index contributed by atoms with van der Waals surface area (Å²) in [6, 6.07) is 33.3. The number of hydrogen-bond acceptors (Lipinski definition) is 2. The van der Waals surface area contributed by atoms with Crippen LogP contribution in [0.1, 0.15) is 73.1 Å². The van der Waals surface area contributed by atoms with E-state index in [4.69, 9.17) is 0 Å². The van der Waals surface area contributed by atoms with Gasteiger partial charge in [0.15, 0.2) is 5.78 Å². The van der Waals surface area contributed by atoms with Crippen molar-refractivity contribution in [2.24, 2.45) is 0 Å². The average molecular weight is 569 g/mol. The van der Waals surface area contributed by atoms with Gasteiger partial charge in [-0.3, -0.25) is 11.1 Å². The molecule has 0 aliphatic carbocycles. The molecule has 2 nitrogen and oxygen atoms in total. The maximum absolute atomic E-state index is 12.2. The summed E-state index contributed by atoms with van der Waals surface area (Å²) in [7, 11) is 0. The van der Waals surface area contributed by atoms with Gasteiger partial charge in [0.1, 0.15) is 0 Å². The molecule has 4 rings (SSSR count). The van der Waals surface area contributed by atoms with Gasteiger partial charge in [-0.25, -0.2) is 0 Å². The van der Waals surface area contributed by atoms with Gasteiger partial charge in [0.05, 0.1) is 0 Å². The molecule has 0 aliphatic rings. The Labute approximate surface area is 249 Å². The Morgan fingerprint density at radius 3 is 1.76 bits per heavy atom. The first kappa shape index (κ1) is 34.3. The summed E-state index contributed by atoms with van der Waals surface area (Å²) in [5.41, 5.74) is 7.35. The van der Waals surface area contributed by atoms with Crippen LogP contribution in [0.3, 0.4) is 0 Å². The quantitative estimate of drug-likeness (QED) is 0.178. The van der Waals surface area contributed by atoms with Crippen molar-refractivity contribution in [1.29, 1.82) is 0 Å². The van der Waals surface area contributed by atoms with Crippen molar-refractivity contribution in [1.82, 2.24) is 0 Å². The molecule has 1 atom stereocenters. The SMILES string of the molecule is CC.CC.CC([C-]=O)c1cccc(C(=O)c2ccccc2)c1.Cc1ccc(-c2ccccc2)c(C)c1.[Y]. The molecule has 0 N–H and O–H groups in total. The fraction of sp³-hybridized carbons (Fsp3) is 0.235. The molecule has 1 unspecified atom stereocenters. The third-order valence-electron chi connectivity index (χ3n) is 5.33. The maximum atomic E-state index is 12.2. The number of ketones is 1. The van der Waals surface area contributed by atoms with Crippen molar-refractivity contribution < 1.29 is 42.3 Å². The Morgan fingerprint density at radius 1 is 0.676 bits per heavy atom. The first-order valence-corrected chi connectivity index (χ1v) is 12.7. The molecule has 0 heterocycles. The summed E-state index contributed by atoms with van der Waals surface area (Å²) in [6.07, 6.45) is 1.93. The van der Waals surface area contributed by atoms with Crippen molar-refractivity contribution in [3.8, 4) is 11.1 Å².